The number of rotatable bonds is 7. The Balaban J connectivity index is 1.30. The largest absolute Gasteiger partial charge is 0.290 e. The van der Waals surface area contributed by atoms with E-state index < -0.39 is 10.0 Å². The molecule has 1 saturated heterocycles. The van der Waals surface area contributed by atoms with Crippen molar-refractivity contribution in [3.8, 4) is 16.9 Å². The average Bonchev–Trinajstić information content (AvgIpc) is 3.47. The summed E-state index contributed by atoms with van der Waals surface area (Å²) >= 11 is 0. The van der Waals surface area contributed by atoms with Gasteiger partial charge in [-0.1, -0.05) is 109 Å². The van der Waals surface area contributed by atoms with E-state index in [1.54, 1.807) is 15.2 Å². The summed E-state index contributed by atoms with van der Waals surface area (Å²) < 4.78 is 31.5. The van der Waals surface area contributed by atoms with Crippen LogP contribution in [0.4, 0.5) is 0 Å². The van der Waals surface area contributed by atoms with Crippen molar-refractivity contribution in [2.45, 2.75) is 10.9 Å². The third kappa shape index (κ3) is 5.16. The quantitative estimate of drug-likeness (QED) is 0.271. The molecule has 5 aromatic rings. The Hall–Kier alpha value is -4.04. The van der Waals surface area contributed by atoms with E-state index in [1.807, 2.05) is 72.8 Å². The van der Waals surface area contributed by atoms with Crippen molar-refractivity contribution in [3.63, 3.8) is 0 Å². The zero-order valence-corrected chi connectivity index (χ0v) is 22.4. The molecule has 7 heteroatoms. The summed E-state index contributed by atoms with van der Waals surface area (Å²) in [5.41, 5.74) is 4.46. The summed E-state index contributed by atoms with van der Waals surface area (Å²) in [6.45, 7) is 2.06. The van der Waals surface area contributed by atoms with Gasteiger partial charge in [0.1, 0.15) is 10.6 Å². The van der Waals surface area contributed by atoms with Crippen LogP contribution in [0.1, 0.15) is 17.2 Å². The Morgan fingerprint density at radius 1 is 0.615 bits per heavy atom. The fourth-order valence-corrected chi connectivity index (χ4v) is 6.84. The summed E-state index contributed by atoms with van der Waals surface area (Å²) in [5, 5.41) is 4.73. The Bertz CT molecular complexity index is 1580. The van der Waals surface area contributed by atoms with Crippen LogP contribution in [0, 0.1) is 0 Å². The second-order valence-electron chi connectivity index (χ2n) is 9.65. The van der Waals surface area contributed by atoms with E-state index in [9.17, 15) is 8.42 Å². The van der Waals surface area contributed by atoms with Crippen LogP contribution in [0.3, 0.4) is 0 Å². The Kier molecular flexibility index (Phi) is 7.11. The highest BCUT2D eigenvalue weighted by molar-refractivity contribution is 7.89. The van der Waals surface area contributed by atoms with E-state index in [0.29, 0.717) is 31.9 Å². The molecule has 0 unspecified atom stereocenters. The molecule has 0 spiro atoms. The van der Waals surface area contributed by atoms with Gasteiger partial charge >= 0.3 is 0 Å². The van der Waals surface area contributed by atoms with Gasteiger partial charge in [-0.15, -0.1) is 0 Å². The number of piperazine rings is 1. The zero-order chi connectivity index (χ0) is 26.7. The van der Waals surface area contributed by atoms with Crippen LogP contribution in [-0.2, 0) is 10.0 Å². The summed E-state index contributed by atoms with van der Waals surface area (Å²) in [6.07, 6.45) is 1.65. The van der Waals surface area contributed by atoms with Crippen LogP contribution in [0.5, 0.6) is 0 Å². The molecule has 0 amide bonds. The lowest BCUT2D eigenvalue weighted by Crippen LogP contribution is -2.49. The molecule has 6 nitrogen and oxygen atoms in total. The second-order valence-corrected chi connectivity index (χ2v) is 11.6. The minimum absolute atomic E-state index is 0.0676. The molecule has 0 N–H and O–H groups in total. The zero-order valence-electron chi connectivity index (χ0n) is 21.5. The molecule has 2 heterocycles. The van der Waals surface area contributed by atoms with Crippen LogP contribution >= 0.6 is 0 Å². The van der Waals surface area contributed by atoms with E-state index >= 15 is 0 Å². The molecule has 1 fully saturated rings. The summed E-state index contributed by atoms with van der Waals surface area (Å²) in [7, 11) is -3.78. The Morgan fingerprint density at radius 2 is 1.10 bits per heavy atom. The number of hydrogen-bond donors (Lipinski definition) is 0. The summed E-state index contributed by atoms with van der Waals surface area (Å²) in [6, 6.07) is 40.1. The second kappa shape index (κ2) is 11.0. The Labute approximate surface area is 229 Å². The van der Waals surface area contributed by atoms with Crippen LogP contribution in [0.2, 0.25) is 0 Å². The molecular weight excluding hydrogens is 504 g/mol. The fourth-order valence-electron chi connectivity index (χ4n) is 5.28. The molecule has 0 aliphatic carbocycles. The maximum absolute atomic E-state index is 14.1. The van der Waals surface area contributed by atoms with Crippen LogP contribution in [0.15, 0.2) is 132 Å². The van der Waals surface area contributed by atoms with Gasteiger partial charge in [-0.25, -0.2) is 13.1 Å². The molecule has 0 atom stereocenters. The van der Waals surface area contributed by atoms with Crippen molar-refractivity contribution in [2.75, 3.05) is 26.2 Å². The molecule has 0 saturated carbocycles. The lowest BCUT2D eigenvalue weighted by atomic mass is 9.96. The normalized spacial score (nSPS) is 15.0. The van der Waals surface area contributed by atoms with E-state index in [4.69, 9.17) is 5.10 Å². The monoisotopic (exact) mass is 534 g/mol. The van der Waals surface area contributed by atoms with Gasteiger partial charge in [0.25, 0.3) is 0 Å². The van der Waals surface area contributed by atoms with Gasteiger partial charge in [0, 0.05) is 31.7 Å². The van der Waals surface area contributed by atoms with Crippen molar-refractivity contribution in [3.05, 3.63) is 139 Å². The molecule has 1 aliphatic rings. The number of para-hydroxylation sites is 1. The first-order valence-corrected chi connectivity index (χ1v) is 14.6. The van der Waals surface area contributed by atoms with Crippen molar-refractivity contribution < 1.29 is 8.42 Å². The van der Waals surface area contributed by atoms with Gasteiger partial charge in [0.05, 0.1) is 17.9 Å². The van der Waals surface area contributed by atoms with Crippen molar-refractivity contribution >= 4 is 10.0 Å². The number of aromatic nitrogens is 2. The topological polar surface area (TPSA) is 58.4 Å². The molecule has 1 aromatic heterocycles. The molecule has 196 valence electrons. The number of hydrogen-bond acceptors (Lipinski definition) is 4. The number of sulfonamides is 1. The molecule has 1 aliphatic heterocycles. The molecule has 39 heavy (non-hydrogen) atoms. The highest BCUT2D eigenvalue weighted by Gasteiger charge is 2.35. The average molecular weight is 535 g/mol. The van der Waals surface area contributed by atoms with Gasteiger partial charge in [0.2, 0.25) is 10.0 Å². The molecule has 0 radical (unpaired) electrons. The van der Waals surface area contributed by atoms with Gasteiger partial charge in [-0.3, -0.25) is 4.90 Å². The maximum atomic E-state index is 14.1. The predicted molar refractivity (Wildman–Crippen MR) is 154 cm³/mol. The van der Waals surface area contributed by atoms with Crippen LogP contribution in [0.25, 0.3) is 16.9 Å². The highest BCUT2D eigenvalue weighted by Crippen LogP contribution is 2.33. The SMILES string of the molecule is O=S(=O)(c1cn(-c2ccccc2)nc1-c1ccccc1)N1CCN(C(c2ccccc2)c2ccccc2)CC1. The van der Waals surface area contributed by atoms with Gasteiger partial charge in [-0.2, -0.15) is 9.40 Å². The molecule has 6 rings (SSSR count). The lowest BCUT2D eigenvalue weighted by molar-refractivity contribution is 0.156. The van der Waals surface area contributed by atoms with Crippen molar-refractivity contribution in [1.82, 2.24) is 19.0 Å². The van der Waals surface area contributed by atoms with Crippen molar-refractivity contribution in [1.29, 1.82) is 0 Å². The summed E-state index contributed by atoms with van der Waals surface area (Å²) in [4.78, 5) is 2.61. The number of nitrogens with zero attached hydrogens (tertiary/aromatic N) is 4. The molecule has 4 aromatic carbocycles. The third-order valence-corrected chi connectivity index (χ3v) is 9.14. The van der Waals surface area contributed by atoms with E-state index in [2.05, 4.69) is 53.4 Å². The standard InChI is InChI=1S/C32H30N4O2S/c37-39(38,30-25-36(29-19-11-4-12-20-29)33-31(30)26-13-5-1-6-14-26)35-23-21-34(22-24-35)32(27-15-7-2-8-16-27)28-17-9-3-10-18-28/h1-20,25,32H,21-24H2. The minimum Gasteiger partial charge on any atom is -0.290 e. The first-order valence-electron chi connectivity index (χ1n) is 13.2. The third-order valence-electron chi connectivity index (χ3n) is 7.24. The van der Waals surface area contributed by atoms with Gasteiger partial charge in [-0.05, 0) is 23.3 Å². The first-order chi connectivity index (χ1) is 19.1. The van der Waals surface area contributed by atoms with Gasteiger partial charge in [0.15, 0.2) is 0 Å². The number of benzene rings is 4. The fraction of sp³-hybridized carbons (Fsp3) is 0.156. The molecular formula is C32H30N4O2S. The highest BCUT2D eigenvalue weighted by atomic mass is 32.2. The smallest absolute Gasteiger partial charge is 0.246 e. The maximum Gasteiger partial charge on any atom is 0.246 e. The van der Waals surface area contributed by atoms with Crippen LogP contribution < -0.4 is 0 Å². The van der Waals surface area contributed by atoms with Gasteiger partial charge < -0.3 is 0 Å². The predicted octanol–water partition coefficient (Wildman–Crippen LogP) is 5.64. The van der Waals surface area contributed by atoms with E-state index in [1.165, 1.54) is 11.1 Å². The van der Waals surface area contributed by atoms with E-state index in [0.717, 1.165) is 11.3 Å². The first kappa shape index (κ1) is 25.2. The van der Waals surface area contributed by atoms with E-state index in [-0.39, 0.29) is 10.9 Å². The van der Waals surface area contributed by atoms with Crippen LogP contribution in [-0.4, -0.2) is 53.6 Å². The minimum atomic E-state index is -3.78. The van der Waals surface area contributed by atoms with Crippen molar-refractivity contribution in [2.24, 2.45) is 0 Å². The molecule has 0 bridgehead atoms. The lowest BCUT2D eigenvalue weighted by Gasteiger charge is -2.39. The summed E-state index contributed by atoms with van der Waals surface area (Å²) in [5.74, 6) is 0. The Morgan fingerprint density at radius 3 is 1.64 bits per heavy atom.